The Kier molecular flexibility index (Phi) is 5.29. The lowest BCUT2D eigenvalue weighted by atomic mass is 10.1. The summed E-state index contributed by atoms with van der Waals surface area (Å²) >= 11 is 1.87. The number of thioether (sulfide) groups is 1. The van der Waals surface area contributed by atoms with Crippen LogP contribution in [0.15, 0.2) is 18.2 Å². The fraction of sp³-hybridized carbons (Fsp3) is 0.538. The van der Waals surface area contributed by atoms with Gasteiger partial charge in [0, 0.05) is 17.0 Å². The molecule has 0 saturated heterocycles. The van der Waals surface area contributed by atoms with Gasteiger partial charge in [0.2, 0.25) is 0 Å². The molecule has 0 bridgehead atoms. The highest BCUT2D eigenvalue weighted by atomic mass is 32.2. The lowest BCUT2D eigenvalue weighted by Gasteiger charge is -2.15. The summed E-state index contributed by atoms with van der Waals surface area (Å²) in [6.07, 6.45) is 1.15. The first-order valence-corrected chi connectivity index (χ1v) is 6.72. The van der Waals surface area contributed by atoms with Crippen LogP contribution in [0.2, 0.25) is 0 Å². The van der Waals surface area contributed by atoms with Crippen molar-refractivity contribution >= 4 is 11.8 Å². The summed E-state index contributed by atoms with van der Waals surface area (Å²) in [5.74, 6) is 0.727. The van der Waals surface area contributed by atoms with Crippen LogP contribution < -0.4 is 5.73 Å². The van der Waals surface area contributed by atoms with Crippen LogP contribution in [-0.4, -0.2) is 11.0 Å². The molecule has 0 aromatic heterocycles. The molecule has 1 aromatic rings. The predicted octanol–water partition coefficient (Wildman–Crippen LogP) is 3.67. The minimum atomic E-state index is -0.162. The molecular formula is C13H20FNS. The molecule has 1 rings (SSSR count). The predicted molar refractivity (Wildman–Crippen MR) is 70.3 cm³/mol. The summed E-state index contributed by atoms with van der Waals surface area (Å²) in [5.41, 5.74) is 7.76. The van der Waals surface area contributed by atoms with Crippen molar-refractivity contribution in [1.82, 2.24) is 0 Å². The molecule has 3 heteroatoms. The fourth-order valence-electron chi connectivity index (χ4n) is 1.38. The van der Waals surface area contributed by atoms with Crippen LogP contribution in [0, 0.1) is 12.7 Å². The molecule has 0 aliphatic carbocycles. The number of hydrogen-bond acceptors (Lipinski definition) is 2. The Bertz CT molecular complexity index is 341. The van der Waals surface area contributed by atoms with Gasteiger partial charge in [-0.3, -0.25) is 0 Å². The summed E-state index contributed by atoms with van der Waals surface area (Å²) in [5, 5.41) is 0.632. The molecule has 2 N–H and O–H groups in total. The standard InChI is InChI=1S/C13H20FNS/c1-4-10(3)16-8-13(15)11-5-6-12(14)9(2)7-11/h5-7,10,13H,4,8,15H2,1-3H3. The van der Waals surface area contributed by atoms with Gasteiger partial charge < -0.3 is 5.73 Å². The molecule has 0 fully saturated rings. The maximum absolute atomic E-state index is 13.1. The smallest absolute Gasteiger partial charge is 0.126 e. The topological polar surface area (TPSA) is 26.0 Å². The van der Waals surface area contributed by atoms with Gasteiger partial charge in [0.1, 0.15) is 5.82 Å². The van der Waals surface area contributed by atoms with Crippen molar-refractivity contribution in [3.63, 3.8) is 0 Å². The van der Waals surface area contributed by atoms with E-state index in [4.69, 9.17) is 5.73 Å². The van der Waals surface area contributed by atoms with E-state index < -0.39 is 0 Å². The second-order valence-electron chi connectivity index (χ2n) is 4.17. The molecule has 0 aliphatic rings. The summed E-state index contributed by atoms with van der Waals surface area (Å²) in [6, 6.07) is 5.12. The normalized spacial score (nSPS) is 14.8. The van der Waals surface area contributed by atoms with Gasteiger partial charge in [0.05, 0.1) is 0 Å². The molecule has 0 saturated carbocycles. The minimum Gasteiger partial charge on any atom is -0.323 e. The molecule has 90 valence electrons. The number of nitrogens with two attached hydrogens (primary N) is 1. The monoisotopic (exact) mass is 241 g/mol. The van der Waals surface area contributed by atoms with Crippen LogP contribution >= 0.6 is 11.8 Å². The van der Waals surface area contributed by atoms with Gasteiger partial charge in [-0.25, -0.2) is 4.39 Å². The Balaban J connectivity index is 2.59. The summed E-state index contributed by atoms with van der Waals surface area (Å²) in [6.45, 7) is 6.14. The summed E-state index contributed by atoms with van der Waals surface area (Å²) in [7, 11) is 0. The highest BCUT2D eigenvalue weighted by Crippen LogP contribution is 2.22. The lowest BCUT2D eigenvalue weighted by Crippen LogP contribution is -2.15. The van der Waals surface area contributed by atoms with Gasteiger partial charge >= 0.3 is 0 Å². The Morgan fingerprint density at radius 2 is 2.12 bits per heavy atom. The highest BCUT2D eigenvalue weighted by molar-refractivity contribution is 7.99. The zero-order chi connectivity index (χ0) is 12.1. The molecular weight excluding hydrogens is 221 g/mol. The largest absolute Gasteiger partial charge is 0.323 e. The number of halogens is 1. The zero-order valence-corrected chi connectivity index (χ0v) is 11.0. The van der Waals surface area contributed by atoms with E-state index in [-0.39, 0.29) is 11.9 Å². The second-order valence-corrected chi connectivity index (χ2v) is 5.64. The first-order valence-electron chi connectivity index (χ1n) is 5.67. The van der Waals surface area contributed by atoms with Gasteiger partial charge in [-0.05, 0) is 30.5 Å². The summed E-state index contributed by atoms with van der Waals surface area (Å²) in [4.78, 5) is 0. The molecule has 0 radical (unpaired) electrons. The minimum absolute atomic E-state index is 0.00157. The van der Waals surface area contributed by atoms with E-state index in [2.05, 4.69) is 13.8 Å². The van der Waals surface area contributed by atoms with E-state index in [1.807, 2.05) is 17.8 Å². The SMILES string of the molecule is CCC(C)SCC(N)c1ccc(F)c(C)c1. The maximum Gasteiger partial charge on any atom is 0.126 e. The van der Waals surface area contributed by atoms with Crippen molar-refractivity contribution < 1.29 is 4.39 Å². The molecule has 0 amide bonds. The Labute approximate surface area is 102 Å². The van der Waals surface area contributed by atoms with E-state index in [1.165, 1.54) is 6.07 Å². The third-order valence-corrected chi connectivity index (χ3v) is 4.20. The quantitative estimate of drug-likeness (QED) is 0.851. The molecule has 1 nitrogen and oxygen atoms in total. The first-order chi connectivity index (χ1) is 7.54. The van der Waals surface area contributed by atoms with E-state index >= 15 is 0 Å². The van der Waals surface area contributed by atoms with Crippen molar-refractivity contribution in [2.24, 2.45) is 5.73 Å². The van der Waals surface area contributed by atoms with Crippen molar-refractivity contribution in [3.8, 4) is 0 Å². The van der Waals surface area contributed by atoms with Gasteiger partial charge in [-0.15, -0.1) is 0 Å². The van der Waals surface area contributed by atoms with Crippen molar-refractivity contribution in [3.05, 3.63) is 35.1 Å². The second kappa shape index (κ2) is 6.26. The van der Waals surface area contributed by atoms with Gasteiger partial charge in [-0.1, -0.05) is 26.0 Å². The van der Waals surface area contributed by atoms with Gasteiger partial charge in [0.25, 0.3) is 0 Å². The molecule has 2 atom stereocenters. The van der Waals surface area contributed by atoms with Crippen LogP contribution in [0.3, 0.4) is 0 Å². The van der Waals surface area contributed by atoms with E-state index in [1.54, 1.807) is 13.0 Å². The molecule has 0 aliphatic heterocycles. The van der Waals surface area contributed by atoms with Crippen molar-refractivity contribution in [1.29, 1.82) is 0 Å². The van der Waals surface area contributed by atoms with Crippen LogP contribution in [0.25, 0.3) is 0 Å². The maximum atomic E-state index is 13.1. The average Bonchev–Trinajstić information content (AvgIpc) is 2.29. The van der Waals surface area contributed by atoms with Crippen LogP contribution in [0.1, 0.15) is 37.4 Å². The van der Waals surface area contributed by atoms with Gasteiger partial charge in [0.15, 0.2) is 0 Å². The molecule has 16 heavy (non-hydrogen) atoms. The van der Waals surface area contributed by atoms with Crippen LogP contribution in [0.5, 0.6) is 0 Å². The molecule has 2 unspecified atom stereocenters. The van der Waals surface area contributed by atoms with Crippen LogP contribution in [-0.2, 0) is 0 Å². The molecule has 0 spiro atoms. The Hall–Kier alpha value is -0.540. The van der Waals surface area contributed by atoms with E-state index in [0.29, 0.717) is 10.8 Å². The molecule has 0 heterocycles. The average molecular weight is 241 g/mol. The van der Waals surface area contributed by atoms with E-state index in [9.17, 15) is 4.39 Å². The number of hydrogen-bond donors (Lipinski definition) is 1. The van der Waals surface area contributed by atoms with Gasteiger partial charge in [-0.2, -0.15) is 11.8 Å². The fourth-order valence-corrected chi connectivity index (χ4v) is 2.34. The lowest BCUT2D eigenvalue weighted by molar-refractivity contribution is 0.616. The zero-order valence-electron chi connectivity index (χ0n) is 10.2. The van der Waals surface area contributed by atoms with Crippen molar-refractivity contribution in [2.45, 2.75) is 38.5 Å². The third-order valence-electron chi connectivity index (χ3n) is 2.75. The Morgan fingerprint density at radius 3 is 2.69 bits per heavy atom. The summed E-state index contributed by atoms with van der Waals surface area (Å²) < 4.78 is 13.1. The Morgan fingerprint density at radius 1 is 1.44 bits per heavy atom. The van der Waals surface area contributed by atoms with Crippen molar-refractivity contribution in [2.75, 3.05) is 5.75 Å². The van der Waals surface area contributed by atoms with E-state index in [0.717, 1.165) is 17.7 Å². The van der Waals surface area contributed by atoms with Crippen LogP contribution in [0.4, 0.5) is 4.39 Å². The number of rotatable bonds is 5. The highest BCUT2D eigenvalue weighted by Gasteiger charge is 2.09. The third kappa shape index (κ3) is 3.80. The number of benzene rings is 1. The number of aryl methyl sites for hydroxylation is 1. The first kappa shape index (κ1) is 13.5. The molecule has 1 aromatic carbocycles.